The van der Waals surface area contributed by atoms with E-state index in [4.69, 9.17) is 9.68 Å². The van der Waals surface area contributed by atoms with E-state index < -0.39 is 0 Å². The van der Waals surface area contributed by atoms with Gasteiger partial charge in [0.05, 0.1) is 25.3 Å². The lowest BCUT2D eigenvalue weighted by atomic mass is 10.2. The molecule has 2 aromatic heterocycles. The molecule has 3 aromatic rings. The van der Waals surface area contributed by atoms with Gasteiger partial charge in [-0.3, -0.25) is 4.79 Å². The van der Waals surface area contributed by atoms with E-state index in [9.17, 15) is 4.79 Å². The molecule has 0 atom stereocenters. The lowest BCUT2D eigenvalue weighted by molar-refractivity contribution is -0.126. The number of nitrogens with zero attached hydrogens (tertiary/aromatic N) is 2. The molecule has 26 heavy (non-hydrogen) atoms. The number of benzene rings is 1. The lowest BCUT2D eigenvalue weighted by Crippen LogP contribution is -2.29. The van der Waals surface area contributed by atoms with E-state index in [1.807, 2.05) is 36.4 Å². The quantitative estimate of drug-likeness (QED) is 0.558. The number of carbonyl (C=O) groups is 1. The summed E-state index contributed by atoms with van der Waals surface area (Å²) in [5.74, 6) is 0.568. The highest BCUT2D eigenvalue weighted by Crippen LogP contribution is 2.28. The van der Waals surface area contributed by atoms with Gasteiger partial charge in [-0.1, -0.05) is 30.3 Å². The van der Waals surface area contributed by atoms with Gasteiger partial charge in [0.2, 0.25) is 5.91 Å². The average molecular weight is 362 g/mol. The SMILES string of the molecule is N#CCCN(Cc1ccco1)C(=O)/C=C/c1ccc(-c2ccccc2)s1. The minimum atomic E-state index is -0.133. The van der Waals surface area contributed by atoms with E-state index in [0.717, 1.165) is 15.3 Å². The molecule has 0 N–H and O–H groups in total. The first kappa shape index (κ1) is 17.7. The summed E-state index contributed by atoms with van der Waals surface area (Å²) in [5, 5.41) is 8.81. The first-order valence-corrected chi connectivity index (χ1v) is 9.09. The van der Waals surface area contributed by atoms with E-state index in [0.29, 0.717) is 18.8 Å². The maximum absolute atomic E-state index is 12.5. The summed E-state index contributed by atoms with van der Waals surface area (Å²) in [4.78, 5) is 16.3. The van der Waals surface area contributed by atoms with Crippen molar-refractivity contribution in [1.29, 1.82) is 5.26 Å². The summed E-state index contributed by atoms with van der Waals surface area (Å²) in [5.41, 5.74) is 1.16. The molecule has 3 rings (SSSR count). The van der Waals surface area contributed by atoms with Crippen molar-refractivity contribution in [3.05, 3.63) is 77.6 Å². The van der Waals surface area contributed by atoms with Gasteiger partial charge in [0.25, 0.3) is 0 Å². The molecule has 0 bridgehead atoms. The molecule has 4 nitrogen and oxygen atoms in total. The Morgan fingerprint density at radius 2 is 2.00 bits per heavy atom. The summed E-state index contributed by atoms with van der Waals surface area (Å²) < 4.78 is 5.31. The molecule has 1 aromatic carbocycles. The Balaban J connectivity index is 1.68. The number of hydrogen-bond acceptors (Lipinski definition) is 4. The molecule has 1 amide bonds. The number of rotatable bonds is 7. The number of carbonyl (C=O) groups excluding carboxylic acids is 1. The van der Waals surface area contributed by atoms with Crippen LogP contribution in [0.1, 0.15) is 17.1 Å². The van der Waals surface area contributed by atoms with Crippen molar-refractivity contribution in [1.82, 2.24) is 4.90 Å². The average Bonchev–Trinajstić information content (AvgIpc) is 3.36. The lowest BCUT2D eigenvalue weighted by Gasteiger charge is -2.18. The van der Waals surface area contributed by atoms with Crippen LogP contribution in [0.25, 0.3) is 16.5 Å². The normalized spacial score (nSPS) is 10.7. The predicted molar refractivity (Wildman–Crippen MR) is 103 cm³/mol. The van der Waals surface area contributed by atoms with Crippen molar-refractivity contribution in [2.24, 2.45) is 0 Å². The smallest absolute Gasteiger partial charge is 0.247 e. The molecule has 0 saturated heterocycles. The second-order valence-electron chi connectivity index (χ2n) is 5.65. The van der Waals surface area contributed by atoms with Crippen LogP contribution in [0.3, 0.4) is 0 Å². The van der Waals surface area contributed by atoms with Gasteiger partial charge >= 0.3 is 0 Å². The molecule has 0 aliphatic carbocycles. The molecule has 5 heteroatoms. The molecular formula is C21H18N2O2S. The maximum Gasteiger partial charge on any atom is 0.247 e. The summed E-state index contributed by atoms with van der Waals surface area (Å²) in [6, 6.07) is 19.9. The summed E-state index contributed by atoms with van der Waals surface area (Å²) in [6.07, 6.45) is 5.24. The molecule has 0 spiro atoms. The van der Waals surface area contributed by atoms with E-state index in [1.54, 1.807) is 34.6 Å². The van der Waals surface area contributed by atoms with Crippen molar-refractivity contribution in [2.75, 3.05) is 6.54 Å². The van der Waals surface area contributed by atoms with Crippen molar-refractivity contribution in [3.8, 4) is 16.5 Å². The van der Waals surface area contributed by atoms with Crippen LogP contribution in [-0.4, -0.2) is 17.4 Å². The van der Waals surface area contributed by atoms with Gasteiger partial charge < -0.3 is 9.32 Å². The summed E-state index contributed by atoms with van der Waals surface area (Å²) >= 11 is 1.63. The molecule has 0 fully saturated rings. The largest absolute Gasteiger partial charge is 0.467 e. The highest BCUT2D eigenvalue weighted by atomic mass is 32.1. The Bertz CT molecular complexity index is 905. The third kappa shape index (κ3) is 4.71. The number of thiophene rings is 1. The highest BCUT2D eigenvalue weighted by molar-refractivity contribution is 7.16. The summed E-state index contributed by atoms with van der Waals surface area (Å²) in [7, 11) is 0. The fraction of sp³-hybridized carbons (Fsp3) is 0.143. The van der Waals surface area contributed by atoms with Gasteiger partial charge in [0.1, 0.15) is 5.76 Å². The van der Waals surface area contributed by atoms with Crippen LogP contribution in [-0.2, 0) is 11.3 Å². The van der Waals surface area contributed by atoms with Crippen molar-refractivity contribution < 1.29 is 9.21 Å². The number of hydrogen-bond donors (Lipinski definition) is 0. The van der Waals surface area contributed by atoms with Gasteiger partial charge in [-0.2, -0.15) is 5.26 Å². The second kappa shape index (κ2) is 8.84. The van der Waals surface area contributed by atoms with E-state index >= 15 is 0 Å². The van der Waals surface area contributed by atoms with Crippen LogP contribution in [0, 0.1) is 11.3 Å². The van der Waals surface area contributed by atoms with Crippen LogP contribution in [0.5, 0.6) is 0 Å². The monoisotopic (exact) mass is 362 g/mol. The van der Waals surface area contributed by atoms with Crippen LogP contribution in [0.2, 0.25) is 0 Å². The predicted octanol–water partition coefficient (Wildman–Crippen LogP) is 4.96. The first-order valence-electron chi connectivity index (χ1n) is 8.28. The molecule has 0 aliphatic heterocycles. The fourth-order valence-corrected chi connectivity index (χ4v) is 3.42. The fourth-order valence-electron chi connectivity index (χ4n) is 2.50. The Morgan fingerprint density at radius 1 is 1.15 bits per heavy atom. The first-order chi connectivity index (χ1) is 12.8. The third-order valence-corrected chi connectivity index (χ3v) is 4.91. The minimum Gasteiger partial charge on any atom is -0.467 e. The second-order valence-corrected chi connectivity index (χ2v) is 6.76. The number of nitriles is 1. The molecule has 130 valence electrons. The van der Waals surface area contributed by atoms with E-state index in [-0.39, 0.29) is 12.3 Å². The Labute approximate surface area is 156 Å². The van der Waals surface area contributed by atoms with Gasteiger partial charge in [-0.15, -0.1) is 11.3 Å². The molecule has 0 unspecified atom stereocenters. The maximum atomic E-state index is 12.5. The van der Waals surface area contributed by atoms with Crippen LogP contribution >= 0.6 is 11.3 Å². The van der Waals surface area contributed by atoms with Gasteiger partial charge in [0, 0.05) is 22.4 Å². The molecule has 0 saturated carbocycles. The zero-order valence-corrected chi connectivity index (χ0v) is 15.0. The Morgan fingerprint density at radius 3 is 2.73 bits per heavy atom. The topological polar surface area (TPSA) is 57.2 Å². The van der Waals surface area contributed by atoms with Crippen molar-refractivity contribution in [2.45, 2.75) is 13.0 Å². The number of furan rings is 1. The van der Waals surface area contributed by atoms with Gasteiger partial charge in [0.15, 0.2) is 0 Å². The van der Waals surface area contributed by atoms with Crippen LogP contribution < -0.4 is 0 Å². The van der Waals surface area contributed by atoms with Crippen molar-refractivity contribution in [3.63, 3.8) is 0 Å². The Hall–Kier alpha value is -3.10. The van der Waals surface area contributed by atoms with Crippen LogP contribution in [0.4, 0.5) is 0 Å². The number of amides is 1. The van der Waals surface area contributed by atoms with E-state index in [1.165, 1.54) is 0 Å². The van der Waals surface area contributed by atoms with Gasteiger partial charge in [-0.05, 0) is 35.9 Å². The third-order valence-electron chi connectivity index (χ3n) is 3.81. The molecule has 0 aliphatic rings. The zero-order chi connectivity index (χ0) is 18.2. The standard InChI is InChI=1S/C21H18N2O2S/c22-13-5-14-23(16-18-8-4-15-25-18)21(24)12-10-19-9-11-20(26-19)17-6-2-1-3-7-17/h1-4,6-12,15H,5,14,16H2/b12-10+. The minimum absolute atomic E-state index is 0.133. The van der Waals surface area contributed by atoms with E-state index in [2.05, 4.69) is 24.3 Å². The van der Waals surface area contributed by atoms with Crippen molar-refractivity contribution >= 4 is 23.3 Å². The Kier molecular flexibility index (Phi) is 6.02. The molecule has 0 radical (unpaired) electrons. The highest BCUT2D eigenvalue weighted by Gasteiger charge is 2.12. The van der Waals surface area contributed by atoms with Crippen LogP contribution in [0.15, 0.2) is 71.4 Å². The zero-order valence-electron chi connectivity index (χ0n) is 14.2. The molecule has 2 heterocycles. The molecular weight excluding hydrogens is 344 g/mol. The van der Waals surface area contributed by atoms with Gasteiger partial charge in [-0.25, -0.2) is 0 Å². The summed E-state index contributed by atoms with van der Waals surface area (Å²) in [6.45, 7) is 0.734.